The van der Waals surface area contributed by atoms with E-state index in [-0.39, 0.29) is 11.2 Å². The topological polar surface area (TPSA) is 103 Å². The Morgan fingerprint density at radius 1 is 1.23 bits per heavy atom. The highest BCUT2D eigenvalue weighted by Gasteiger charge is 2.14. The number of aromatic nitrogens is 3. The first-order chi connectivity index (χ1) is 10.7. The van der Waals surface area contributed by atoms with Gasteiger partial charge in [0.25, 0.3) is 5.69 Å². The molecule has 0 atom stereocenters. The molecule has 3 rings (SSSR count). The average Bonchev–Trinajstić information content (AvgIpc) is 2.91. The highest BCUT2D eigenvalue weighted by Crippen LogP contribution is 2.25. The van der Waals surface area contributed by atoms with E-state index in [0.29, 0.717) is 11.1 Å². The Kier molecular flexibility index (Phi) is 3.40. The van der Waals surface area contributed by atoms with Crippen LogP contribution in [0.5, 0.6) is 0 Å². The normalized spacial score (nSPS) is 11.1. The number of nitrogens with zero attached hydrogens (tertiary/aromatic N) is 5. The minimum absolute atomic E-state index is 0.127. The van der Waals surface area contributed by atoms with Crippen LogP contribution in [-0.4, -0.2) is 19.8 Å². The summed E-state index contributed by atoms with van der Waals surface area (Å²) in [5, 5.41) is 18.2. The zero-order valence-electron chi connectivity index (χ0n) is 11.2. The van der Waals surface area contributed by atoms with Crippen LogP contribution in [-0.2, 0) is 0 Å². The van der Waals surface area contributed by atoms with Gasteiger partial charge in [-0.05, 0) is 30.4 Å². The first-order valence-electron chi connectivity index (χ1n) is 6.29. The zero-order chi connectivity index (χ0) is 15.5. The van der Waals surface area contributed by atoms with Gasteiger partial charge in [-0.3, -0.25) is 15.1 Å². The summed E-state index contributed by atoms with van der Waals surface area (Å²) in [6.45, 7) is 0. The molecule has 0 N–H and O–H groups in total. The average molecular weight is 295 g/mol. The summed E-state index contributed by atoms with van der Waals surface area (Å²) in [4.78, 5) is 26.1. The number of hydrogen-bond donors (Lipinski definition) is 0. The maximum absolute atomic E-state index is 10.8. The van der Waals surface area contributed by atoms with Crippen molar-refractivity contribution in [2.24, 2.45) is 5.29 Å². The molecule has 3 aromatic rings. The van der Waals surface area contributed by atoms with Crippen LogP contribution in [0.1, 0.15) is 11.4 Å². The van der Waals surface area contributed by atoms with E-state index in [9.17, 15) is 15.0 Å². The minimum atomic E-state index is -0.537. The van der Waals surface area contributed by atoms with E-state index in [1.807, 2.05) is 12.1 Å². The number of non-ortho nitro benzene ring substituents is 1. The van der Waals surface area contributed by atoms with E-state index in [1.54, 1.807) is 30.5 Å². The van der Waals surface area contributed by atoms with Gasteiger partial charge in [-0.25, -0.2) is 0 Å². The third-order valence-electron chi connectivity index (χ3n) is 3.06. The van der Waals surface area contributed by atoms with E-state index in [2.05, 4.69) is 15.4 Å². The standard InChI is InChI=1S/C14H9N5O3/c20-17-18-14-9-11(19(21)22)5-6-12(14)13(16-18)7-4-10-3-1-2-8-15-10/h1-9H/b7-4+. The van der Waals surface area contributed by atoms with Crippen molar-refractivity contribution in [2.45, 2.75) is 0 Å². The maximum Gasteiger partial charge on any atom is 0.271 e. The van der Waals surface area contributed by atoms with Crippen LogP contribution in [0.4, 0.5) is 5.69 Å². The summed E-state index contributed by atoms with van der Waals surface area (Å²) in [7, 11) is 0. The minimum Gasteiger partial charge on any atom is -0.258 e. The largest absolute Gasteiger partial charge is 0.271 e. The Balaban J connectivity index is 2.09. The number of fused-ring (bicyclic) bond motifs is 1. The molecule has 0 bridgehead atoms. The van der Waals surface area contributed by atoms with Crippen LogP contribution in [0.3, 0.4) is 0 Å². The highest BCUT2D eigenvalue weighted by atomic mass is 16.6. The lowest BCUT2D eigenvalue weighted by atomic mass is 10.2. The van der Waals surface area contributed by atoms with Gasteiger partial charge in [-0.2, -0.15) is 0 Å². The quantitative estimate of drug-likeness (QED) is 0.418. The number of nitro benzene ring substituents is 1. The fourth-order valence-corrected chi connectivity index (χ4v) is 2.05. The van der Waals surface area contributed by atoms with Crippen LogP contribution in [0, 0.1) is 15.0 Å². The predicted octanol–water partition coefficient (Wildman–Crippen LogP) is 3.04. The van der Waals surface area contributed by atoms with Crippen molar-refractivity contribution in [3.05, 3.63) is 69.0 Å². The molecule has 1 aromatic carbocycles. The monoisotopic (exact) mass is 295 g/mol. The van der Waals surface area contributed by atoms with Gasteiger partial charge >= 0.3 is 0 Å². The molecule has 2 aromatic heterocycles. The molecule has 108 valence electrons. The Morgan fingerprint density at radius 3 is 2.77 bits per heavy atom. The number of rotatable bonds is 4. The summed E-state index contributed by atoms with van der Waals surface area (Å²) in [6, 6.07) is 9.63. The Labute approximate surface area is 123 Å². The molecule has 0 aliphatic heterocycles. The first kappa shape index (κ1) is 13.6. The van der Waals surface area contributed by atoms with Gasteiger partial charge < -0.3 is 0 Å². The van der Waals surface area contributed by atoms with Gasteiger partial charge in [-0.15, -0.1) is 14.8 Å². The van der Waals surface area contributed by atoms with Crippen LogP contribution in [0.25, 0.3) is 23.1 Å². The Morgan fingerprint density at radius 2 is 2.09 bits per heavy atom. The lowest BCUT2D eigenvalue weighted by Crippen LogP contribution is -1.91. The third kappa shape index (κ3) is 2.44. The SMILES string of the molecule is O=Nn1nc(/C=C/c2ccccn2)c2ccc([N+](=O)[O-])cc21. The van der Waals surface area contributed by atoms with Gasteiger partial charge in [0.15, 0.2) is 0 Å². The molecule has 0 fully saturated rings. The smallest absolute Gasteiger partial charge is 0.258 e. The summed E-state index contributed by atoms with van der Waals surface area (Å²) >= 11 is 0. The summed E-state index contributed by atoms with van der Waals surface area (Å²) in [5.41, 5.74) is 1.36. The molecular weight excluding hydrogens is 286 g/mol. The van der Waals surface area contributed by atoms with Crippen molar-refractivity contribution in [1.29, 1.82) is 0 Å². The summed E-state index contributed by atoms with van der Waals surface area (Å²) in [6.07, 6.45) is 5.07. The second kappa shape index (κ2) is 5.52. The van der Waals surface area contributed by atoms with Gasteiger partial charge in [-0.1, -0.05) is 6.07 Å². The lowest BCUT2D eigenvalue weighted by molar-refractivity contribution is -0.384. The molecule has 0 spiro atoms. The van der Waals surface area contributed by atoms with E-state index in [0.717, 1.165) is 10.5 Å². The van der Waals surface area contributed by atoms with Crippen molar-refractivity contribution in [3.63, 3.8) is 0 Å². The highest BCUT2D eigenvalue weighted by molar-refractivity contribution is 5.90. The van der Waals surface area contributed by atoms with E-state index in [4.69, 9.17) is 0 Å². The van der Waals surface area contributed by atoms with E-state index >= 15 is 0 Å². The van der Waals surface area contributed by atoms with Crippen LogP contribution >= 0.6 is 0 Å². The van der Waals surface area contributed by atoms with Crippen molar-refractivity contribution in [3.8, 4) is 0 Å². The van der Waals surface area contributed by atoms with Gasteiger partial charge in [0.2, 0.25) is 0 Å². The molecular formula is C14H9N5O3. The fourth-order valence-electron chi connectivity index (χ4n) is 2.05. The van der Waals surface area contributed by atoms with Gasteiger partial charge in [0.05, 0.1) is 21.6 Å². The lowest BCUT2D eigenvalue weighted by Gasteiger charge is -1.93. The maximum atomic E-state index is 10.8. The molecule has 0 aliphatic carbocycles. The zero-order valence-corrected chi connectivity index (χ0v) is 11.2. The fraction of sp³-hybridized carbons (Fsp3) is 0. The molecule has 0 radical (unpaired) electrons. The first-order valence-corrected chi connectivity index (χ1v) is 6.29. The number of benzene rings is 1. The van der Waals surface area contributed by atoms with Crippen molar-refractivity contribution >= 4 is 28.7 Å². The van der Waals surface area contributed by atoms with Gasteiger partial charge in [0, 0.05) is 23.7 Å². The molecule has 22 heavy (non-hydrogen) atoms. The van der Waals surface area contributed by atoms with Crippen molar-refractivity contribution in [1.82, 2.24) is 14.9 Å². The van der Waals surface area contributed by atoms with E-state index < -0.39 is 4.92 Å². The molecule has 8 heteroatoms. The molecule has 8 nitrogen and oxygen atoms in total. The second-order valence-corrected chi connectivity index (χ2v) is 4.40. The second-order valence-electron chi connectivity index (χ2n) is 4.40. The molecule has 0 amide bonds. The molecule has 0 saturated carbocycles. The van der Waals surface area contributed by atoms with Gasteiger partial charge in [0.1, 0.15) is 5.52 Å². The van der Waals surface area contributed by atoms with Crippen LogP contribution in [0.15, 0.2) is 47.9 Å². The predicted molar refractivity (Wildman–Crippen MR) is 80.7 cm³/mol. The Hall–Kier alpha value is -3.42. The molecule has 2 heterocycles. The summed E-state index contributed by atoms with van der Waals surface area (Å²) < 4.78 is 0. The number of nitro groups is 1. The third-order valence-corrected chi connectivity index (χ3v) is 3.06. The van der Waals surface area contributed by atoms with E-state index in [1.165, 1.54) is 12.1 Å². The molecule has 0 saturated heterocycles. The molecule has 0 aliphatic rings. The molecule has 0 unspecified atom stereocenters. The number of hydrogen-bond acceptors (Lipinski definition) is 6. The summed E-state index contributed by atoms with van der Waals surface area (Å²) in [5.74, 6) is 0. The Bertz CT molecular complexity index is 886. The number of pyridine rings is 1. The van der Waals surface area contributed by atoms with Crippen molar-refractivity contribution in [2.75, 3.05) is 0 Å². The van der Waals surface area contributed by atoms with Crippen LogP contribution in [0.2, 0.25) is 0 Å². The van der Waals surface area contributed by atoms with Crippen molar-refractivity contribution < 1.29 is 4.92 Å². The number of nitroso groups, excluding NO2 is 1. The van der Waals surface area contributed by atoms with Crippen LogP contribution < -0.4 is 0 Å².